The molecule has 0 aromatic heterocycles. The van der Waals surface area contributed by atoms with Crippen LogP contribution in [0, 0.1) is 41.5 Å². The number of aryl methyl sites for hydroxylation is 4. The van der Waals surface area contributed by atoms with Gasteiger partial charge in [0, 0.05) is 5.39 Å². The molecule has 1 N–H and O–H groups in total. The normalized spacial score (nSPS) is 11.1. The lowest BCUT2D eigenvalue weighted by Gasteiger charge is -2.17. The predicted octanol–water partition coefficient (Wildman–Crippen LogP) is 5.88. The second kappa shape index (κ2) is 6.03. The molecule has 0 spiro atoms. The molecule has 2 nitrogen and oxygen atoms in total. The van der Waals surface area contributed by atoms with E-state index in [1.54, 1.807) is 0 Å². The Hall–Kier alpha value is -2.61. The van der Waals surface area contributed by atoms with Crippen molar-refractivity contribution in [3.8, 4) is 16.9 Å². The molecule has 3 rings (SSSR count). The van der Waals surface area contributed by atoms with E-state index in [2.05, 4.69) is 52.8 Å². The van der Waals surface area contributed by atoms with Crippen LogP contribution in [0.25, 0.3) is 21.9 Å². The number of fused-ring (bicyclic) bond motifs is 1. The minimum atomic E-state index is 0.0786. The molecule has 0 saturated heterocycles. The van der Waals surface area contributed by atoms with E-state index in [1.165, 1.54) is 22.3 Å². The minimum Gasteiger partial charge on any atom is -0.507 e. The monoisotopic (exact) mass is 332 g/mol. The van der Waals surface area contributed by atoms with Gasteiger partial charge in [-0.25, -0.2) is 0 Å². The quantitative estimate of drug-likeness (QED) is 0.595. The molecule has 2 heteroatoms. The van der Waals surface area contributed by atoms with Crippen molar-refractivity contribution in [3.05, 3.63) is 63.2 Å². The molecule has 0 fully saturated rings. The van der Waals surface area contributed by atoms with E-state index in [9.17, 15) is 9.90 Å². The maximum Gasteiger partial charge on any atom is 0.153 e. The zero-order valence-electron chi connectivity index (χ0n) is 15.7. The third-order valence-electron chi connectivity index (χ3n) is 5.62. The third kappa shape index (κ3) is 2.62. The Kier molecular flexibility index (Phi) is 4.16. The van der Waals surface area contributed by atoms with Gasteiger partial charge in [0.05, 0.1) is 5.56 Å². The summed E-state index contributed by atoms with van der Waals surface area (Å²) >= 11 is 0. The fourth-order valence-electron chi connectivity index (χ4n) is 3.57. The van der Waals surface area contributed by atoms with Crippen LogP contribution in [-0.4, -0.2) is 11.4 Å². The maximum absolute atomic E-state index is 11.5. The zero-order valence-corrected chi connectivity index (χ0v) is 15.7. The van der Waals surface area contributed by atoms with Crippen LogP contribution in [0.15, 0.2) is 24.3 Å². The van der Waals surface area contributed by atoms with E-state index < -0.39 is 0 Å². The summed E-state index contributed by atoms with van der Waals surface area (Å²) in [7, 11) is 0. The van der Waals surface area contributed by atoms with E-state index >= 15 is 0 Å². The number of benzene rings is 3. The van der Waals surface area contributed by atoms with Crippen LogP contribution in [0.5, 0.6) is 5.75 Å². The van der Waals surface area contributed by atoms with Crippen molar-refractivity contribution in [1.82, 2.24) is 0 Å². The van der Waals surface area contributed by atoms with Crippen molar-refractivity contribution in [1.29, 1.82) is 0 Å². The molecule has 0 aliphatic rings. The molecule has 0 saturated carbocycles. The van der Waals surface area contributed by atoms with Crippen molar-refractivity contribution >= 4 is 17.1 Å². The number of hydrogen-bond acceptors (Lipinski definition) is 2. The number of hydrogen-bond donors (Lipinski definition) is 1. The van der Waals surface area contributed by atoms with Gasteiger partial charge in [0.15, 0.2) is 6.29 Å². The Balaban J connectivity index is 2.51. The highest BCUT2D eigenvalue weighted by Crippen LogP contribution is 2.40. The molecule has 0 atom stereocenters. The van der Waals surface area contributed by atoms with Crippen LogP contribution < -0.4 is 0 Å². The van der Waals surface area contributed by atoms with E-state index in [4.69, 9.17) is 0 Å². The van der Waals surface area contributed by atoms with Crippen LogP contribution in [0.1, 0.15) is 43.7 Å². The van der Waals surface area contributed by atoms with Crippen molar-refractivity contribution in [3.63, 3.8) is 0 Å². The number of aldehydes is 1. The zero-order chi connectivity index (χ0) is 18.5. The van der Waals surface area contributed by atoms with Crippen LogP contribution in [0.3, 0.4) is 0 Å². The molecule has 0 bridgehead atoms. The lowest BCUT2D eigenvalue weighted by molar-refractivity contribution is 0.112. The smallest absolute Gasteiger partial charge is 0.153 e. The summed E-state index contributed by atoms with van der Waals surface area (Å²) in [5.74, 6) is 0.0786. The fourth-order valence-corrected chi connectivity index (χ4v) is 3.57. The first-order chi connectivity index (χ1) is 11.8. The third-order valence-corrected chi connectivity index (χ3v) is 5.62. The largest absolute Gasteiger partial charge is 0.507 e. The van der Waals surface area contributed by atoms with Gasteiger partial charge in [0.1, 0.15) is 5.75 Å². The van der Waals surface area contributed by atoms with Crippen molar-refractivity contribution in [2.75, 3.05) is 0 Å². The van der Waals surface area contributed by atoms with Crippen LogP contribution >= 0.6 is 0 Å². The van der Waals surface area contributed by atoms with Gasteiger partial charge in [0.2, 0.25) is 0 Å². The molecule has 0 amide bonds. The predicted molar refractivity (Wildman–Crippen MR) is 105 cm³/mol. The Bertz CT molecular complexity index is 1000. The number of rotatable bonds is 2. The van der Waals surface area contributed by atoms with Gasteiger partial charge in [-0.15, -0.1) is 0 Å². The number of phenols is 1. The van der Waals surface area contributed by atoms with Gasteiger partial charge in [-0.3, -0.25) is 4.79 Å². The summed E-state index contributed by atoms with van der Waals surface area (Å²) in [6.07, 6.45) is 0.737. The summed E-state index contributed by atoms with van der Waals surface area (Å²) in [5, 5.41) is 12.4. The molecule has 0 aliphatic carbocycles. The van der Waals surface area contributed by atoms with E-state index in [-0.39, 0.29) is 5.75 Å². The van der Waals surface area contributed by atoms with Crippen molar-refractivity contribution in [2.24, 2.45) is 0 Å². The summed E-state index contributed by atoms with van der Waals surface area (Å²) in [5.41, 5.74) is 9.50. The number of carbonyl (C=O) groups is 1. The van der Waals surface area contributed by atoms with Gasteiger partial charge in [-0.1, -0.05) is 18.2 Å². The van der Waals surface area contributed by atoms with Crippen LogP contribution in [0.2, 0.25) is 0 Å². The Labute approximate surface area is 149 Å². The first kappa shape index (κ1) is 17.2. The van der Waals surface area contributed by atoms with Gasteiger partial charge in [0.25, 0.3) is 0 Å². The van der Waals surface area contributed by atoms with Gasteiger partial charge >= 0.3 is 0 Å². The standard InChI is InChI=1S/C23H24O2/c1-12-7-18(8-13(2)15(12)4)20-10-19(11-24)23(25)22-17(6)16(5)14(3)9-21(20)22/h7-11,25H,1-6H3. The Morgan fingerprint density at radius 2 is 1.32 bits per heavy atom. The molecule has 0 aliphatic heterocycles. The molecular weight excluding hydrogens is 308 g/mol. The highest BCUT2D eigenvalue weighted by molar-refractivity contribution is 6.07. The Morgan fingerprint density at radius 1 is 0.760 bits per heavy atom. The SMILES string of the molecule is Cc1cc(-c2cc(C=O)c(O)c3c(C)c(C)c(C)cc23)cc(C)c1C. The molecule has 0 heterocycles. The number of phenolic OH excluding ortho intramolecular Hbond substituents is 1. The first-order valence-electron chi connectivity index (χ1n) is 8.56. The highest BCUT2D eigenvalue weighted by atomic mass is 16.3. The van der Waals surface area contributed by atoms with Crippen molar-refractivity contribution in [2.45, 2.75) is 41.5 Å². The Morgan fingerprint density at radius 3 is 1.88 bits per heavy atom. The summed E-state index contributed by atoms with van der Waals surface area (Å²) < 4.78 is 0. The topological polar surface area (TPSA) is 37.3 Å². The molecule has 128 valence electrons. The molecule has 3 aromatic rings. The van der Waals surface area contributed by atoms with E-state index in [0.29, 0.717) is 5.56 Å². The van der Waals surface area contributed by atoms with E-state index in [0.717, 1.165) is 39.3 Å². The average molecular weight is 332 g/mol. The van der Waals surface area contributed by atoms with Gasteiger partial charge < -0.3 is 5.11 Å². The van der Waals surface area contributed by atoms with E-state index in [1.807, 2.05) is 13.0 Å². The fraction of sp³-hybridized carbons (Fsp3) is 0.261. The summed E-state index contributed by atoms with van der Waals surface area (Å²) in [4.78, 5) is 11.5. The lowest BCUT2D eigenvalue weighted by atomic mass is 9.87. The van der Waals surface area contributed by atoms with Gasteiger partial charge in [-0.2, -0.15) is 0 Å². The van der Waals surface area contributed by atoms with Crippen molar-refractivity contribution < 1.29 is 9.90 Å². The maximum atomic E-state index is 11.5. The molecule has 0 radical (unpaired) electrons. The average Bonchev–Trinajstić information content (AvgIpc) is 2.57. The summed E-state index contributed by atoms with van der Waals surface area (Å²) in [6, 6.07) is 8.24. The first-order valence-corrected chi connectivity index (χ1v) is 8.56. The second-order valence-corrected chi connectivity index (χ2v) is 7.08. The second-order valence-electron chi connectivity index (χ2n) is 7.08. The molecular formula is C23H24O2. The highest BCUT2D eigenvalue weighted by Gasteiger charge is 2.17. The number of aromatic hydroxyl groups is 1. The lowest BCUT2D eigenvalue weighted by Crippen LogP contribution is -1.96. The molecule has 0 unspecified atom stereocenters. The minimum absolute atomic E-state index is 0.0786. The molecule has 3 aromatic carbocycles. The molecule has 25 heavy (non-hydrogen) atoms. The summed E-state index contributed by atoms with van der Waals surface area (Å²) in [6.45, 7) is 12.5. The van der Waals surface area contributed by atoms with Gasteiger partial charge in [-0.05, 0) is 97.5 Å². The van der Waals surface area contributed by atoms with Crippen LogP contribution in [-0.2, 0) is 0 Å². The number of carbonyl (C=O) groups excluding carboxylic acids is 1. The van der Waals surface area contributed by atoms with Crippen LogP contribution in [0.4, 0.5) is 0 Å².